The van der Waals surface area contributed by atoms with Gasteiger partial charge in [0.15, 0.2) is 0 Å². The number of aryl methyl sites for hydroxylation is 2. The van der Waals surface area contributed by atoms with Crippen LogP contribution in [-0.2, 0) is 22.9 Å². The molecule has 0 radical (unpaired) electrons. The normalized spacial score (nSPS) is 19.1. The Morgan fingerprint density at radius 2 is 1.72 bits per heavy atom. The maximum Gasteiger partial charge on any atom is 0.269 e. The average molecular weight is 427 g/mol. The fourth-order valence-corrected chi connectivity index (χ4v) is 7.57. The lowest BCUT2D eigenvalue weighted by Crippen LogP contribution is -2.30. The lowest BCUT2D eigenvalue weighted by Gasteiger charge is -2.25. The van der Waals surface area contributed by atoms with Crippen LogP contribution < -0.4 is 0 Å². The van der Waals surface area contributed by atoms with E-state index in [-0.39, 0.29) is 16.0 Å². The topological polar surface area (TPSA) is 80.5 Å². The van der Waals surface area contributed by atoms with Gasteiger partial charge in [0.1, 0.15) is 0 Å². The number of hydrogen-bond acceptors (Lipinski definition) is 5. The van der Waals surface area contributed by atoms with Crippen LogP contribution in [0.3, 0.4) is 0 Å². The van der Waals surface area contributed by atoms with Gasteiger partial charge in [-0.05, 0) is 52.4 Å². The highest BCUT2D eigenvalue weighted by Crippen LogP contribution is 2.45. The first-order chi connectivity index (χ1) is 14.0. The molecule has 1 atom stereocenters. The van der Waals surface area contributed by atoms with Crippen molar-refractivity contribution in [3.05, 3.63) is 81.4 Å². The molecule has 0 unspecified atom stereocenters. The van der Waals surface area contributed by atoms with Crippen molar-refractivity contribution in [1.29, 1.82) is 0 Å². The zero-order valence-corrected chi connectivity index (χ0v) is 17.1. The Morgan fingerprint density at radius 3 is 2.45 bits per heavy atom. The highest BCUT2D eigenvalue weighted by molar-refractivity contribution is 8.01. The van der Waals surface area contributed by atoms with E-state index in [1.807, 2.05) is 6.07 Å². The zero-order valence-electron chi connectivity index (χ0n) is 15.4. The van der Waals surface area contributed by atoms with E-state index in [0.29, 0.717) is 12.3 Å². The predicted octanol–water partition coefficient (Wildman–Crippen LogP) is 4.28. The second-order valence-electron chi connectivity index (χ2n) is 7.24. The Labute approximate surface area is 172 Å². The van der Waals surface area contributed by atoms with E-state index in [1.165, 1.54) is 45.1 Å². The molecule has 0 amide bonds. The van der Waals surface area contributed by atoms with Gasteiger partial charge in [-0.25, -0.2) is 8.42 Å². The maximum absolute atomic E-state index is 13.3. The Kier molecular flexibility index (Phi) is 4.38. The number of nitro groups is 1. The van der Waals surface area contributed by atoms with Crippen LogP contribution >= 0.6 is 11.8 Å². The number of benzene rings is 3. The van der Waals surface area contributed by atoms with Crippen molar-refractivity contribution in [3.8, 4) is 0 Å². The monoisotopic (exact) mass is 426 g/mol. The van der Waals surface area contributed by atoms with E-state index in [0.717, 1.165) is 23.8 Å². The van der Waals surface area contributed by atoms with Crippen LogP contribution in [0.5, 0.6) is 0 Å². The molecule has 5 rings (SSSR count). The molecular formula is C21H18N2O4S2. The van der Waals surface area contributed by atoms with Gasteiger partial charge in [-0.15, -0.1) is 11.8 Å². The Bertz CT molecular complexity index is 1230. The van der Waals surface area contributed by atoms with Crippen molar-refractivity contribution in [1.82, 2.24) is 4.31 Å². The van der Waals surface area contributed by atoms with E-state index in [4.69, 9.17) is 0 Å². The van der Waals surface area contributed by atoms with Crippen molar-refractivity contribution in [2.24, 2.45) is 0 Å². The second-order valence-corrected chi connectivity index (χ2v) is 10.3. The minimum atomic E-state index is -3.76. The number of sulfonamides is 1. The van der Waals surface area contributed by atoms with E-state index >= 15 is 0 Å². The molecule has 1 saturated heterocycles. The zero-order chi connectivity index (χ0) is 20.2. The number of rotatable bonds is 4. The van der Waals surface area contributed by atoms with Gasteiger partial charge in [0.25, 0.3) is 5.69 Å². The molecule has 1 aliphatic heterocycles. The van der Waals surface area contributed by atoms with E-state index < -0.39 is 14.9 Å². The number of non-ortho nitro benzene ring substituents is 1. The molecular weight excluding hydrogens is 408 g/mol. The second kappa shape index (κ2) is 6.83. The first kappa shape index (κ1) is 18.6. The number of hydrogen-bond donors (Lipinski definition) is 0. The van der Waals surface area contributed by atoms with Crippen LogP contribution in [0.4, 0.5) is 5.69 Å². The molecule has 3 aromatic carbocycles. The summed E-state index contributed by atoms with van der Waals surface area (Å²) in [5.41, 5.74) is 3.54. The Hall–Kier alpha value is -2.42. The molecule has 3 aromatic rings. The molecule has 0 aromatic heterocycles. The number of thioether (sulfide) groups is 1. The van der Waals surface area contributed by atoms with Crippen LogP contribution in [0.2, 0.25) is 0 Å². The van der Waals surface area contributed by atoms with Crippen LogP contribution in [0.15, 0.2) is 59.5 Å². The molecule has 8 heteroatoms. The van der Waals surface area contributed by atoms with Crippen molar-refractivity contribution in [3.63, 3.8) is 0 Å². The summed E-state index contributed by atoms with van der Waals surface area (Å²) in [5.74, 6) is 0.708. The van der Waals surface area contributed by atoms with Crippen molar-refractivity contribution < 1.29 is 13.3 Å². The summed E-state index contributed by atoms with van der Waals surface area (Å²) in [6.07, 6.45) is 2.05. The third kappa shape index (κ3) is 2.94. The van der Waals surface area contributed by atoms with Crippen molar-refractivity contribution >= 4 is 38.2 Å². The minimum absolute atomic E-state index is 0.0848. The van der Waals surface area contributed by atoms with Crippen LogP contribution in [0.1, 0.15) is 22.1 Å². The van der Waals surface area contributed by atoms with Gasteiger partial charge in [0.05, 0.1) is 15.2 Å². The molecule has 1 aliphatic carbocycles. The third-order valence-electron chi connectivity index (χ3n) is 5.68. The SMILES string of the molecule is O=[N+]([O-])c1ccc(S(=O)(=O)N2CCS[C@@H]2c2ccc3c4c(cccc24)CC3)cc1. The lowest BCUT2D eigenvalue weighted by molar-refractivity contribution is -0.384. The average Bonchev–Trinajstić information content (AvgIpc) is 3.37. The molecule has 0 saturated carbocycles. The van der Waals surface area contributed by atoms with Gasteiger partial charge in [0, 0.05) is 24.4 Å². The molecule has 0 bridgehead atoms. The van der Waals surface area contributed by atoms with Crippen LogP contribution in [0.25, 0.3) is 10.8 Å². The fourth-order valence-electron chi connectivity index (χ4n) is 4.31. The van der Waals surface area contributed by atoms with Crippen molar-refractivity contribution in [2.75, 3.05) is 12.3 Å². The third-order valence-corrected chi connectivity index (χ3v) is 8.93. The lowest BCUT2D eigenvalue weighted by atomic mass is 10.00. The molecule has 148 valence electrons. The first-order valence-electron chi connectivity index (χ1n) is 9.38. The molecule has 1 heterocycles. The highest BCUT2D eigenvalue weighted by Gasteiger charge is 2.38. The minimum Gasteiger partial charge on any atom is -0.258 e. The summed E-state index contributed by atoms with van der Waals surface area (Å²) in [7, 11) is -3.76. The van der Waals surface area contributed by atoms with E-state index in [2.05, 4.69) is 24.3 Å². The molecule has 2 aliphatic rings. The van der Waals surface area contributed by atoms with Gasteiger partial charge < -0.3 is 0 Å². The molecule has 1 fully saturated rings. The van der Waals surface area contributed by atoms with Gasteiger partial charge in [-0.2, -0.15) is 4.31 Å². The number of nitro benzene ring substituents is 1. The van der Waals surface area contributed by atoms with Gasteiger partial charge >= 0.3 is 0 Å². The Morgan fingerprint density at radius 1 is 1.00 bits per heavy atom. The quantitative estimate of drug-likeness (QED) is 0.459. The summed E-state index contributed by atoms with van der Waals surface area (Å²) < 4.78 is 28.2. The molecule has 6 nitrogen and oxygen atoms in total. The Balaban J connectivity index is 1.57. The first-order valence-corrected chi connectivity index (χ1v) is 11.9. The standard InChI is InChI=1S/C21H18N2O4S2/c24-23(25)16-7-9-17(10-8-16)29(26,27)22-12-13-28-21(22)19-11-6-15-5-4-14-2-1-3-18(19)20(14)15/h1-3,6-11,21H,4-5,12-13H2/t21-/m1/s1. The molecule has 0 spiro atoms. The molecule has 29 heavy (non-hydrogen) atoms. The van der Waals surface area contributed by atoms with Gasteiger partial charge in [-0.1, -0.05) is 30.3 Å². The van der Waals surface area contributed by atoms with Crippen LogP contribution in [-0.4, -0.2) is 29.9 Å². The van der Waals surface area contributed by atoms with E-state index in [1.54, 1.807) is 11.8 Å². The summed E-state index contributed by atoms with van der Waals surface area (Å²) in [5, 5.41) is 13.0. The van der Waals surface area contributed by atoms with Gasteiger partial charge in [-0.3, -0.25) is 10.1 Å². The van der Waals surface area contributed by atoms with Gasteiger partial charge in [0.2, 0.25) is 10.0 Å². The highest BCUT2D eigenvalue weighted by atomic mass is 32.2. The summed E-state index contributed by atoms with van der Waals surface area (Å²) in [6, 6.07) is 15.6. The number of nitrogens with zero attached hydrogens (tertiary/aromatic N) is 2. The summed E-state index contributed by atoms with van der Waals surface area (Å²) in [4.78, 5) is 10.4. The maximum atomic E-state index is 13.3. The van der Waals surface area contributed by atoms with Crippen molar-refractivity contribution in [2.45, 2.75) is 23.1 Å². The van der Waals surface area contributed by atoms with Crippen LogP contribution in [0, 0.1) is 10.1 Å². The molecule has 0 N–H and O–H groups in total. The predicted molar refractivity (Wildman–Crippen MR) is 114 cm³/mol. The fraction of sp³-hybridized carbons (Fsp3) is 0.238. The largest absolute Gasteiger partial charge is 0.269 e. The smallest absolute Gasteiger partial charge is 0.258 e. The van der Waals surface area contributed by atoms with E-state index in [9.17, 15) is 18.5 Å². The summed E-state index contributed by atoms with van der Waals surface area (Å²) in [6.45, 7) is 0.414. The summed E-state index contributed by atoms with van der Waals surface area (Å²) >= 11 is 1.62.